The molecule has 1 saturated carbocycles. The van der Waals surface area contributed by atoms with Crippen LogP contribution in [0.5, 0.6) is 5.75 Å². The van der Waals surface area contributed by atoms with Crippen molar-refractivity contribution in [3.63, 3.8) is 0 Å². The molecule has 16 heteroatoms. The first-order valence-electron chi connectivity index (χ1n) is 16.3. The largest absolute Gasteiger partial charge is 0.508 e. The Morgan fingerprint density at radius 1 is 0.712 bits per heavy atom. The highest BCUT2D eigenvalue weighted by molar-refractivity contribution is 6.58. The molecule has 1 N–H and O–H groups in total. The number of ether oxygens (including phenoxy) is 1. The third-order valence-electron chi connectivity index (χ3n) is 10.9. The fourth-order valence-corrected chi connectivity index (χ4v) is 9.43. The van der Waals surface area contributed by atoms with Crippen LogP contribution >= 0.6 is 23.2 Å². The minimum Gasteiger partial charge on any atom is -0.508 e. The van der Waals surface area contributed by atoms with Crippen molar-refractivity contribution in [1.82, 2.24) is 0 Å². The molecular formula is C36H26Cl2F5N3O6. The lowest BCUT2D eigenvalue weighted by Crippen LogP contribution is -2.60. The Labute approximate surface area is 302 Å². The van der Waals surface area contributed by atoms with E-state index in [0.29, 0.717) is 37.6 Å². The molecule has 5 aliphatic rings. The van der Waals surface area contributed by atoms with Crippen LogP contribution in [0.4, 0.5) is 39.0 Å². The van der Waals surface area contributed by atoms with E-state index in [1.54, 1.807) is 30.3 Å². The lowest BCUT2D eigenvalue weighted by atomic mass is 9.56. The van der Waals surface area contributed by atoms with Crippen molar-refractivity contribution in [2.75, 3.05) is 41.0 Å². The van der Waals surface area contributed by atoms with Crippen LogP contribution < -0.4 is 14.7 Å². The van der Waals surface area contributed by atoms with E-state index in [2.05, 4.69) is 4.90 Å². The molecule has 9 nitrogen and oxygen atoms in total. The fourth-order valence-electron chi connectivity index (χ4n) is 8.50. The summed E-state index contributed by atoms with van der Waals surface area (Å²) in [6, 6.07) is 12.1. The second kappa shape index (κ2) is 12.0. The number of hydrogen-bond acceptors (Lipinski definition) is 7. The first-order valence-corrected chi connectivity index (χ1v) is 17.1. The Bertz CT molecular complexity index is 2080. The van der Waals surface area contributed by atoms with Crippen molar-refractivity contribution in [1.29, 1.82) is 0 Å². The molecule has 3 aromatic rings. The zero-order chi connectivity index (χ0) is 37.0. The summed E-state index contributed by atoms with van der Waals surface area (Å²) in [5.74, 6) is -21.2. The number of rotatable bonds is 4. The number of alkyl halides is 2. The van der Waals surface area contributed by atoms with E-state index in [4.69, 9.17) is 27.9 Å². The third kappa shape index (κ3) is 4.56. The van der Waals surface area contributed by atoms with Gasteiger partial charge in [0.15, 0.2) is 33.0 Å². The van der Waals surface area contributed by atoms with Crippen LogP contribution in [0, 0.1) is 46.8 Å². The van der Waals surface area contributed by atoms with Gasteiger partial charge in [-0.15, -0.1) is 23.2 Å². The number of nitrogens with zero attached hydrogens (tertiary/aromatic N) is 3. The molecule has 0 radical (unpaired) electrons. The number of fused-ring (bicyclic) bond motifs is 4. The van der Waals surface area contributed by atoms with E-state index in [0.717, 1.165) is 10.6 Å². The number of hydrogen-bond donors (Lipinski definition) is 1. The van der Waals surface area contributed by atoms with E-state index in [-0.39, 0.29) is 22.6 Å². The highest BCUT2D eigenvalue weighted by Crippen LogP contribution is 2.66. The summed E-state index contributed by atoms with van der Waals surface area (Å²) in [5.41, 5.74) is -0.198. The van der Waals surface area contributed by atoms with Gasteiger partial charge in [0, 0.05) is 24.7 Å². The van der Waals surface area contributed by atoms with Crippen LogP contribution in [0.15, 0.2) is 60.2 Å². The number of halogens is 7. The molecule has 4 amide bonds. The normalized spacial score (nSPS) is 30.1. The van der Waals surface area contributed by atoms with Crippen LogP contribution in [-0.2, 0) is 23.9 Å². The average molecular weight is 763 g/mol. The van der Waals surface area contributed by atoms with Gasteiger partial charge >= 0.3 is 0 Å². The van der Waals surface area contributed by atoms with E-state index in [1.807, 2.05) is 0 Å². The Balaban J connectivity index is 1.23. The number of imide groups is 2. The maximum Gasteiger partial charge on any atom is 0.258 e. The summed E-state index contributed by atoms with van der Waals surface area (Å²) in [4.78, 5) is 54.5. The average Bonchev–Trinajstić information content (AvgIpc) is 3.48. The second-order valence-electron chi connectivity index (χ2n) is 13.4. The molecule has 0 unspecified atom stereocenters. The van der Waals surface area contributed by atoms with Crippen molar-refractivity contribution in [3.8, 4) is 5.75 Å². The number of aromatic hydroxyl groups is 1. The zero-order valence-corrected chi connectivity index (χ0v) is 28.2. The van der Waals surface area contributed by atoms with Gasteiger partial charge in [-0.1, -0.05) is 23.8 Å². The van der Waals surface area contributed by atoms with Crippen molar-refractivity contribution in [3.05, 3.63) is 94.8 Å². The third-order valence-corrected chi connectivity index (χ3v) is 12.3. The van der Waals surface area contributed by atoms with E-state index in [1.165, 1.54) is 24.3 Å². The van der Waals surface area contributed by atoms with Crippen molar-refractivity contribution in [2.24, 2.45) is 17.8 Å². The number of morpholine rings is 1. The van der Waals surface area contributed by atoms with Gasteiger partial charge in [0.05, 0.1) is 30.7 Å². The maximum atomic E-state index is 15.2. The molecule has 52 heavy (non-hydrogen) atoms. The minimum atomic E-state index is -2.64. The van der Waals surface area contributed by atoms with Gasteiger partial charge in [0.1, 0.15) is 11.4 Å². The second-order valence-corrected chi connectivity index (χ2v) is 14.7. The van der Waals surface area contributed by atoms with Crippen molar-refractivity contribution < 1.29 is 51.0 Å². The Morgan fingerprint density at radius 3 is 1.90 bits per heavy atom. The Morgan fingerprint density at radius 2 is 1.29 bits per heavy atom. The summed E-state index contributed by atoms with van der Waals surface area (Å²) in [6.45, 7) is 2.42. The predicted octanol–water partition coefficient (Wildman–Crippen LogP) is 5.69. The molecule has 270 valence electrons. The standard InChI is InChI=1S/C36H26Cl2F5N3O6/c37-35-15-22-20(9-10-21-23(22)32(49)45(31(21)48)18-5-3-17(4-6-18)44-11-13-52-14-12-44)24(16-1-7-19(47)8-2-16)36(35,38)34(51)46(33(35)50)30-28(42)26(40)25(39)27(41)29(30)43/h1-9,21-24,47H,10-15H2/t21-,22+,23-,24-,35+,36-/m0/s1. The molecule has 3 heterocycles. The predicted molar refractivity (Wildman–Crippen MR) is 176 cm³/mol. The molecule has 3 aliphatic heterocycles. The number of allylic oxidation sites excluding steroid dienone is 2. The fraction of sp³-hybridized carbons (Fsp3) is 0.333. The van der Waals surface area contributed by atoms with Gasteiger partial charge in [0.2, 0.25) is 17.6 Å². The van der Waals surface area contributed by atoms with Crippen LogP contribution in [-0.4, -0.2) is 64.8 Å². The minimum absolute atomic E-state index is 0.00374. The molecule has 3 aromatic carbocycles. The van der Waals surface area contributed by atoms with Gasteiger partial charge in [-0.05, 0) is 60.7 Å². The molecular weight excluding hydrogens is 736 g/mol. The Hall–Kier alpha value is -4.53. The summed E-state index contributed by atoms with van der Waals surface area (Å²) in [7, 11) is 0. The molecule has 6 atom stereocenters. The van der Waals surface area contributed by atoms with E-state index < -0.39 is 98.2 Å². The number of phenolic OH excluding ortho intramolecular Hbond substituents is 1. The summed E-state index contributed by atoms with van der Waals surface area (Å²) in [5, 5.41) is 10.0. The van der Waals surface area contributed by atoms with E-state index in [9.17, 15) is 37.5 Å². The lowest BCUT2D eigenvalue weighted by Gasteiger charge is -2.50. The monoisotopic (exact) mass is 761 g/mol. The zero-order valence-electron chi connectivity index (χ0n) is 26.7. The number of benzene rings is 3. The molecule has 3 saturated heterocycles. The number of phenols is 1. The molecule has 2 aliphatic carbocycles. The highest BCUT2D eigenvalue weighted by atomic mass is 35.5. The number of anilines is 3. The van der Waals surface area contributed by atoms with Gasteiger partial charge < -0.3 is 14.7 Å². The van der Waals surface area contributed by atoms with Crippen LogP contribution in [0.2, 0.25) is 0 Å². The molecule has 4 fully saturated rings. The quantitative estimate of drug-likeness (QED) is 0.0910. The van der Waals surface area contributed by atoms with Gasteiger partial charge in [-0.25, -0.2) is 26.9 Å². The lowest BCUT2D eigenvalue weighted by molar-refractivity contribution is -0.125. The van der Waals surface area contributed by atoms with Gasteiger partial charge in [0.25, 0.3) is 11.8 Å². The van der Waals surface area contributed by atoms with Gasteiger partial charge in [-0.2, -0.15) is 0 Å². The smallest absolute Gasteiger partial charge is 0.258 e. The van der Waals surface area contributed by atoms with Crippen LogP contribution in [0.3, 0.4) is 0 Å². The summed E-state index contributed by atoms with van der Waals surface area (Å²) in [6.07, 6.45) is 1.00. The van der Waals surface area contributed by atoms with Crippen molar-refractivity contribution in [2.45, 2.75) is 28.5 Å². The van der Waals surface area contributed by atoms with Gasteiger partial charge in [-0.3, -0.25) is 24.1 Å². The maximum absolute atomic E-state index is 15.2. The molecule has 0 aromatic heterocycles. The SMILES string of the molecule is O=C1[C@H]2[C@H](CC=C3[C@H]2C[C@@]2(Cl)C(=O)N(c4c(F)c(F)c(F)c(F)c4F)C(=O)[C@@]2(Cl)[C@H]3c2ccc(O)cc2)C(=O)N1c1ccc(N2CCOCC2)cc1. The number of carbonyl (C=O) groups is 4. The molecule has 0 spiro atoms. The highest BCUT2D eigenvalue weighted by Gasteiger charge is 2.77. The summed E-state index contributed by atoms with van der Waals surface area (Å²) < 4.78 is 78.7. The molecule has 8 rings (SSSR count). The number of carbonyl (C=O) groups excluding carboxylic acids is 4. The first kappa shape index (κ1) is 34.6. The Kier molecular flexibility index (Phi) is 7.97. The van der Waals surface area contributed by atoms with Crippen LogP contribution in [0.25, 0.3) is 0 Å². The number of amides is 4. The van der Waals surface area contributed by atoms with Crippen LogP contribution in [0.1, 0.15) is 24.3 Å². The molecule has 0 bridgehead atoms. The summed E-state index contributed by atoms with van der Waals surface area (Å²) >= 11 is 14.2. The first-order chi connectivity index (χ1) is 24.7. The van der Waals surface area contributed by atoms with Crippen molar-refractivity contribution >= 4 is 63.9 Å². The topological polar surface area (TPSA) is 107 Å². The van der Waals surface area contributed by atoms with E-state index >= 15 is 8.78 Å².